The molecule has 0 saturated carbocycles. The predicted octanol–water partition coefficient (Wildman–Crippen LogP) is 2.49. The van der Waals surface area contributed by atoms with Crippen molar-refractivity contribution in [1.29, 1.82) is 0 Å². The van der Waals surface area contributed by atoms with Gasteiger partial charge in [-0.1, -0.05) is 19.4 Å². The highest BCUT2D eigenvalue weighted by Crippen LogP contribution is 2.06. The molecule has 0 aliphatic carbocycles. The van der Waals surface area contributed by atoms with Crippen LogP contribution in [0.3, 0.4) is 0 Å². The maximum Gasteiger partial charge on any atom is 0.407 e. The average Bonchev–Trinajstić information content (AvgIpc) is 2.51. The summed E-state index contributed by atoms with van der Waals surface area (Å²) in [7, 11) is 0. The number of unbranched alkanes of at least 4 members (excludes halogenated alkanes) is 3. The minimum Gasteiger partial charge on any atom is -0.460 e. The molecule has 0 heterocycles. The summed E-state index contributed by atoms with van der Waals surface area (Å²) in [5.74, 6) is -0.464. The van der Waals surface area contributed by atoms with Gasteiger partial charge in [0.1, 0.15) is 12.2 Å². The summed E-state index contributed by atoms with van der Waals surface area (Å²) in [5, 5.41) is 8.04. The molecule has 150 valence electrons. The van der Waals surface area contributed by atoms with Crippen LogP contribution in [-0.4, -0.2) is 49.9 Å². The van der Waals surface area contributed by atoms with E-state index >= 15 is 0 Å². The highest BCUT2D eigenvalue weighted by atomic mass is 16.6. The van der Waals surface area contributed by atoms with Gasteiger partial charge in [0.05, 0.1) is 6.54 Å². The number of hydrogen-bond donors (Lipinski definition) is 3. The fraction of sp³-hybridized carbons (Fsp3) is 0.722. The molecule has 0 atom stereocenters. The van der Waals surface area contributed by atoms with Gasteiger partial charge in [-0.25, -0.2) is 14.4 Å². The van der Waals surface area contributed by atoms with Crippen molar-refractivity contribution < 1.29 is 23.9 Å². The maximum atomic E-state index is 11.5. The molecule has 0 aliphatic heterocycles. The van der Waals surface area contributed by atoms with Crippen molar-refractivity contribution in [3.05, 3.63) is 12.2 Å². The van der Waals surface area contributed by atoms with Crippen LogP contribution in [0.1, 0.15) is 53.4 Å². The summed E-state index contributed by atoms with van der Waals surface area (Å²) < 4.78 is 10.00. The second-order valence-corrected chi connectivity index (χ2v) is 6.94. The van der Waals surface area contributed by atoms with E-state index in [9.17, 15) is 14.4 Å². The topological polar surface area (TPSA) is 106 Å². The molecule has 0 spiro atoms. The van der Waals surface area contributed by atoms with Gasteiger partial charge in [-0.15, -0.1) is 0 Å². The minimum absolute atomic E-state index is 0.115. The van der Waals surface area contributed by atoms with E-state index in [0.29, 0.717) is 18.7 Å². The molecular formula is C18H33N3O5. The third-order valence-electron chi connectivity index (χ3n) is 3.03. The molecule has 3 N–H and O–H groups in total. The summed E-state index contributed by atoms with van der Waals surface area (Å²) in [6.07, 6.45) is 3.22. The molecule has 0 fully saturated rings. The molecule has 8 heteroatoms. The predicted molar refractivity (Wildman–Crippen MR) is 99.9 cm³/mol. The number of alkyl carbamates (subject to hydrolysis) is 1. The third-order valence-corrected chi connectivity index (χ3v) is 3.03. The Morgan fingerprint density at radius 1 is 0.885 bits per heavy atom. The minimum atomic E-state index is -0.484. The zero-order chi connectivity index (χ0) is 20.0. The molecule has 0 aromatic rings. The molecule has 0 aromatic carbocycles. The largest absolute Gasteiger partial charge is 0.460 e. The first-order valence-electron chi connectivity index (χ1n) is 8.93. The van der Waals surface area contributed by atoms with E-state index in [1.54, 1.807) is 6.92 Å². The van der Waals surface area contributed by atoms with Gasteiger partial charge < -0.3 is 25.4 Å². The van der Waals surface area contributed by atoms with E-state index in [2.05, 4.69) is 22.5 Å². The van der Waals surface area contributed by atoms with Crippen molar-refractivity contribution in [3.63, 3.8) is 0 Å². The van der Waals surface area contributed by atoms with Gasteiger partial charge in [0.25, 0.3) is 0 Å². The second kappa shape index (κ2) is 13.0. The first kappa shape index (κ1) is 23.8. The molecule has 0 radical (unpaired) electrons. The lowest BCUT2D eigenvalue weighted by Gasteiger charge is -2.19. The smallest absolute Gasteiger partial charge is 0.407 e. The SMILES string of the molecule is C=C(C)C(=O)OCCNC(=O)NCCCCCCNC(=O)OC(C)(C)C. The van der Waals surface area contributed by atoms with E-state index in [0.717, 1.165) is 25.7 Å². The number of hydrogen-bond acceptors (Lipinski definition) is 5. The number of urea groups is 1. The van der Waals surface area contributed by atoms with Gasteiger partial charge >= 0.3 is 18.1 Å². The Balaban J connectivity index is 3.44. The van der Waals surface area contributed by atoms with E-state index in [4.69, 9.17) is 9.47 Å². The number of carbonyl (C=O) groups excluding carboxylic acids is 3. The summed E-state index contributed by atoms with van der Waals surface area (Å²) in [5.41, 5.74) is -0.154. The fourth-order valence-corrected chi connectivity index (χ4v) is 1.80. The quantitative estimate of drug-likeness (QED) is 0.294. The number of ether oxygens (including phenoxy) is 2. The van der Waals surface area contributed by atoms with Crippen LogP contribution in [-0.2, 0) is 14.3 Å². The van der Waals surface area contributed by atoms with E-state index < -0.39 is 17.7 Å². The summed E-state index contributed by atoms with van der Waals surface area (Å²) in [6, 6.07) is -0.289. The molecule has 0 bridgehead atoms. The van der Waals surface area contributed by atoms with E-state index in [1.807, 2.05) is 20.8 Å². The van der Waals surface area contributed by atoms with Crippen molar-refractivity contribution in [2.24, 2.45) is 0 Å². The van der Waals surface area contributed by atoms with Crippen LogP contribution in [0.15, 0.2) is 12.2 Å². The zero-order valence-electron chi connectivity index (χ0n) is 16.4. The molecule has 0 aliphatic rings. The van der Waals surface area contributed by atoms with Gasteiger partial charge in [0.2, 0.25) is 0 Å². The van der Waals surface area contributed by atoms with Gasteiger partial charge in [-0.2, -0.15) is 0 Å². The van der Waals surface area contributed by atoms with Crippen molar-refractivity contribution in [2.45, 2.75) is 59.0 Å². The Kier molecular flexibility index (Phi) is 11.9. The Labute approximate surface area is 156 Å². The van der Waals surface area contributed by atoms with E-state index in [1.165, 1.54) is 0 Å². The number of esters is 1. The summed E-state index contributed by atoms with van der Waals surface area (Å²) in [6.45, 7) is 12.0. The molecule has 0 rings (SSSR count). The first-order valence-corrected chi connectivity index (χ1v) is 8.93. The van der Waals surface area contributed by atoms with Crippen molar-refractivity contribution >= 4 is 18.1 Å². The lowest BCUT2D eigenvalue weighted by atomic mass is 10.2. The molecule has 26 heavy (non-hydrogen) atoms. The number of amides is 3. The van der Waals surface area contributed by atoms with Crippen molar-refractivity contribution in [2.75, 3.05) is 26.2 Å². The summed E-state index contributed by atoms with van der Waals surface area (Å²) >= 11 is 0. The summed E-state index contributed by atoms with van der Waals surface area (Å²) in [4.78, 5) is 34.1. The standard InChI is InChI=1S/C18H33N3O5/c1-14(2)15(22)25-13-12-20-16(23)19-10-8-6-7-9-11-21-17(24)26-18(3,4)5/h1,6-13H2,2-5H3,(H,21,24)(H2,19,20,23). The average molecular weight is 371 g/mol. The van der Waals surface area contributed by atoms with Crippen LogP contribution in [0.2, 0.25) is 0 Å². The van der Waals surface area contributed by atoms with Gasteiger partial charge in [-0.05, 0) is 40.5 Å². The second-order valence-electron chi connectivity index (χ2n) is 6.94. The van der Waals surface area contributed by atoms with Crippen molar-refractivity contribution in [1.82, 2.24) is 16.0 Å². The number of rotatable bonds is 11. The van der Waals surface area contributed by atoms with Gasteiger partial charge in [0, 0.05) is 18.7 Å². The monoisotopic (exact) mass is 371 g/mol. The number of nitrogens with one attached hydrogen (secondary N) is 3. The Hall–Kier alpha value is -2.25. The lowest BCUT2D eigenvalue weighted by molar-refractivity contribution is -0.138. The Morgan fingerprint density at radius 3 is 1.96 bits per heavy atom. The molecular weight excluding hydrogens is 338 g/mol. The highest BCUT2D eigenvalue weighted by Gasteiger charge is 2.15. The van der Waals surface area contributed by atoms with Crippen LogP contribution in [0.25, 0.3) is 0 Å². The molecule has 3 amide bonds. The molecule has 0 unspecified atom stereocenters. The Bertz CT molecular complexity index is 472. The normalized spacial score (nSPS) is 10.6. The Morgan fingerprint density at radius 2 is 1.42 bits per heavy atom. The van der Waals surface area contributed by atoms with Crippen LogP contribution in [0.4, 0.5) is 9.59 Å². The highest BCUT2D eigenvalue weighted by molar-refractivity contribution is 5.86. The van der Waals surface area contributed by atoms with E-state index in [-0.39, 0.29) is 19.2 Å². The maximum absolute atomic E-state index is 11.5. The lowest BCUT2D eigenvalue weighted by Crippen LogP contribution is -2.38. The number of carbonyl (C=O) groups is 3. The zero-order valence-corrected chi connectivity index (χ0v) is 16.4. The molecule has 8 nitrogen and oxygen atoms in total. The van der Waals surface area contributed by atoms with Crippen LogP contribution in [0.5, 0.6) is 0 Å². The first-order chi connectivity index (χ1) is 12.1. The van der Waals surface area contributed by atoms with Crippen LogP contribution >= 0.6 is 0 Å². The molecule has 0 saturated heterocycles. The molecule has 0 aromatic heterocycles. The van der Waals surface area contributed by atoms with Crippen LogP contribution in [0, 0.1) is 0 Å². The fourth-order valence-electron chi connectivity index (χ4n) is 1.80. The third kappa shape index (κ3) is 15.3. The van der Waals surface area contributed by atoms with Crippen molar-refractivity contribution in [3.8, 4) is 0 Å². The van der Waals surface area contributed by atoms with Crippen LogP contribution < -0.4 is 16.0 Å². The van der Waals surface area contributed by atoms with Gasteiger partial charge in [-0.3, -0.25) is 0 Å². The van der Waals surface area contributed by atoms with Gasteiger partial charge in [0.15, 0.2) is 0 Å².